The molecule has 2 N–H and O–H groups in total. The molecular weight excluding hydrogens is 112 g/mol. The van der Waals surface area contributed by atoms with E-state index < -0.39 is 0 Å². The minimum atomic E-state index is 0.705. The highest BCUT2D eigenvalue weighted by Crippen LogP contribution is 2.06. The van der Waals surface area contributed by atoms with Gasteiger partial charge in [0, 0.05) is 12.1 Å². The predicted octanol–water partition coefficient (Wildman–Crippen LogP) is 0.346. The zero-order valence-corrected chi connectivity index (χ0v) is 6.28. The molecule has 2 heteroatoms. The van der Waals surface area contributed by atoms with Gasteiger partial charge in [-0.1, -0.05) is 0 Å². The van der Waals surface area contributed by atoms with Crippen molar-refractivity contribution >= 4 is 0 Å². The molecule has 1 fully saturated rings. The first kappa shape index (κ1) is 7.03. The van der Waals surface area contributed by atoms with Crippen molar-refractivity contribution in [1.82, 2.24) is 10.6 Å². The largest absolute Gasteiger partial charge is 0.317 e. The van der Waals surface area contributed by atoms with Gasteiger partial charge in [-0.2, -0.15) is 0 Å². The first-order valence-corrected chi connectivity index (χ1v) is 3.73. The Labute approximate surface area is 57.0 Å². The fraction of sp³-hybridized carbons (Fsp3) is 1.00. The Kier molecular flexibility index (Phi) is 2.49. The van der Waals surface area contributed by atoms with Crippen LogP contribution in [0.25, 0.3) is 0 Å². The van der Waals surface area contributed by atoms with Crippen molar-refractivity contribution < 1.29 is 0 Å². The Balaban J connectivity index is 2.23. The Hall–Kier alpha value is -0.0800. The summed E-state index contributed by atoms with van der Waals surface area (Å²) < 4.78 is 0. The van der Waals surface area contributed by atoms with Crippen LogP contribution in [0.5, 0.6) is 0 Å². The van der Waals surface area contributed by atoms with Crippen LogP contribution in [0.4, 0.5) is 0 Å². The number of piperidine rings is 1. The summed E-state index contributed by atoms with van der Waals surface area (Å²) in [6, 6.07) is 1.46. The fourth-order valence-corrected chi connectivity index (χ4v) is 1.39. The van der Waals surface area contributed by atoms with Gasteiger partial charge in [0.1, 0.15) is 0 Å². The normalized spacial score (nSPS) is 36.7. The van der Waals surface area contributed by atoms with Crippen LogP contribution in [0.3, 0.4) is 0 Å². The Morgan fingerprint density at radius 3 is 2.78 bits per heavy atom. The summed E-state index contributed by atoms with van der Waals surface area (Å²) in [5.41, 5.74) is 0. The van der Waals surface area contributed by atoms with Crippen LogP contribution < -0.4 is 10.6 Å². The number of nitrogens with one attached hydrogen (secondary N) is 2. The van der Waals surface area contributed by atoms with Gasteiger partial charge in [-0.3, -0.25) is 0 Å². The third kappa shape index (κ3) is 1.95. The number of rotatable bonds is 1. The second-order valence-electron chi connectivity index (χ2n) is 2.87. The molecule has 1 heterocycles. The highest BCUT2D eigenvalue weighted by Gasteiger charge is 2.15. The zero-order chi connectivity index (χ0) is 6.69. The smallest absolute Gasteiger partial charge is 0.00908 e. The van der Waals surface area contributed by atoms with E-state index >= 15 is 0 Å². The van der Waals surface area contributed by atoms with Crippen molar-refractivity contribution in [3.05, 3.63) is 0 Å². The summed E-state index contributed by atoms with van der Waals surface area (Å²) in [5.74, 6) is 0. The summed E-state index contributed by atoms with van der Waals surface area (Å²) in [5, 5.41) is 6.70. The third-order valence-corrected chi connectivity index (χ3v) is 2.03. The zero-order valence-electron chi connectivity index (χ0n) is 6.28. The maximum atomic E-state index is 3.41. The first-order valence-electron chi connectivity index (χ1n) is 3.73. The van der Waals surface area contributed by atoms with Gasteiger partial charge >= 0.3 is 0 Å². The molecule has 0 aromatic carbocycles. The second-order valence-corrected chi connectivity index (χ2v) is 2.87. The molecule has 0 aromatic heterocycles. The van der Waals surface area contributed by atoms with Crippen molar-refractivity contribution in [2.75, 3.05) is 13.6 Å². The van der Waals surface area contributed by atoms with Crippen LogP contribution in [0.15, 0.2) is 0 Å². The molecule has 1 rings (SSSR count). The Morgan fingerprint density at radius 1 is 1.56 bits per heavy atom. The lowest BCUT2D eigenvalue weighted by molar-refractivity contribution is 0.347. The average Bonchev–Trinajstić information content (AvgIpc) is 1.88. The molecule has 0 aromatic rings. The van der Waals surface area contributed by atoms with E-state index in [2.05, 4.69) is 17.6 Å². The van der Waals surface area contributed by atoms with Crippen LogP contribution >= 0.6 is 0 Å². The van der Waals surface area contributed by atoms with Crippen molar-refractivity contribution in [3.8, 4) is 0 Å². The SMILES string of the molecule is CN[C@H]1CCN[C@H](C)C1. The van der Waals surface area contributed by atoms with E-state index in [1.165, 1.54) is 19.4 Å². The van der Waals surface area contributed by atoms with E-state index in [1.54, 1.807) is 0 Å². The standard InChI is InChI=1S/C7H16N2/c1-6-5-7(8-2)3-4-9-6/h6-9H,3-5H2,1-2H3/t6-,7+/m1/s1. The van der Waals surface area contributed by atoms with Crippen LogP contribution in [0.1, 0.15) is 19.8 Å². The highest BCUT2D eigenvalue weighted by atomic mass is 15.0. The molecule has 0 amide bonds. The average molecular weight is 128 g/mol. The topological polar surface area (TPSA) is 24.1 Å². The molecule has 54 valence electrons. The molecule has 0 bridgehead atoms. The molecule has 9 heavy (non-hydrogen) atoms. The number of hydrogen-bond acceptors (Lipinski definition) is 2. The van der Waals surface area contributed by atoms with Gasteiger partial charge in [0.15, 0.2) is 0 Å². The van der Waals surface area contributed by atoms with Crippen LogP contribution in [-0.2, 0) is 0 Å². The molecule has 1 saturated heterocycles. The molecule has 0 spiro atoms. The highest BCUT2D eigenvalue weighted by molar-refractivity contribution is 4.78. The van der Waals surface area contributed by atoms with E-state index in [1.807, 2.05) is 7.05 Å². The molecule has 0 radical (unpaired) electrons. The monoisotopic (exact) mass is 128 g/mol. The summed E-state index contributed by atoms with van der Waals surface area (Å²) >= 11 is 0. The lowest BCUT2D eigenvalue weighted by Crippen LogP contribution is -2.43. The maximum Gasteiger partial charge on any atom is 0.00908 e. The van der Waals surface area contributed by atoms with Gasteiger partial charge in [0.05, 0.1) is 0 Å². The van der Waals surface area contributed by atoms with Crippen LogP contribution in [0, 0.1) is 0 Å². The maximum absolute atomic E-state index is 3.41. The summed E-state index contributed by atoms with van der Waals surface area (Å²) in [6.07, 6.45) is 2.55. The van der Waals surface area contributed by atoms with E-state index in [-0.39, 0.29) is 0 Å². The van der Waals surface area contributed by atoms with E-state index in [4.69, 9.17) is 0 Å². The minimum Gasteiger partial charge on any atom is -0.317 e. The van der Waals surface area contributed by atoms with Gasteiger partial charge in [0.2, 0.25) is 0 Å². The summed E-state index contributed by atoms with van der Waals surface area (Å²) in [6.45, 7) is 3.41. The predicted molar refractivity (Wildman–Crippen MR) is 39.5 cm³/mol. The molecule has 1 aliphatic heterocycles. The summed E-state index contributed by atoms with van der Waals surface area (Å²) in [4.78, 5) is 0. The van der Waals surface area contributed by atoms with Crippen LogP contribution in [0.2, 0.25) is 0 Å². The second kappa shape index (κ2) is 3.18. The molecule has 0 saturated carbocycles. The van der Waals surface area contributed by atoms with Crippen LogP contribution in [-0.4, -0.2) is 25.7 Å². The lowest BCUT2D eigenvalue weighted by atomic mass is 10.0. The van der Waals surface area contributed by atoms with Crippen molar-refractivity contribution in [1.29, 1.82) is 0 Å². The molecule has 1 aliphatic rings. The summed E-state index contributed by atoms with van der Waals surface area (Å²) in [7, 11) is 2.04. The molecule has 0 aliphatic carbocycles. The first-order chi connectivity index (χ1) is 4.33. The van der Waals surface area contributed by atoms with E-state index in [0.29, 0.717) is 6.04 Å². The third-order valence-electron chi connectivity index (χ3n) is 2.03. The van der Waals surface area contributed by atoms with E-state index in [0.717, 1.165) is 6.04 Å². The minimum absolute atomic E-state index is 0.705. The fourth-order valence-electron chi connectivity index (χ4n) is 1.39. The molecule has 2 nitrogen and oxygen atoms in total. The lowest BCUT2D eigenvalue weighted by Gasteiger charge is -2.27. The van der Waals surface area contributed by atoms with E-state index in [9.17, 15) is 0 Å². The van der Waals surface area contributed by atoms with Gasteiger partial charge < -0.3 is 10.6 Å². The van der Waals surface area contributed by atoms with Crippen molar-refractivity contribution in [3.63, 3.8) is 0 Å². The quantitative estimate of drug-likeness (QED) is 0.532. The molecular formula is C7H16N2. The van der Waals surface area contributed by atoms with Gasteiger partial charge in [-0.25, -0.2) is 0 Å². The number of hydrogen-bond donors (Lipinski definition) is 2. The van der Waals surface area contributed by atoms with Crippen molar-refractivity contribution in [2.24, 2.45) is 0 Å². The Morgan fingerprint density at radius 2 is 2.33 bits per heavy atom. The van der Waals surface area contributed by atoms with Gasteiger partial charge in [0.25, 0.3) is 0 Å². The van der Waals surface area contributed by atoms with Gasteiger partial charge in [-0.15, -0.1) is 0 Å². The molecule has 0 unspecified atom stereocenters. The molecule has 2 atom stereocenters. The Bertz CT molecular complexity index is 83.0. The van der Waals surface area contributed by atoms with Gasteiger partial charge in [-0.05, 0) is 33.4 Å². The van der Waals surface area contributed by atoms with Crippen molar-refractivity contribution in [2.45, 2.75) is 31.8 Å².